The molecule has 1 fully saturated rings. The number of carbonyl (C=O) groups is 1. The monoisotopic (exact) mass is 368 g/mol. The van der Waals surface area contributed by atoms with Gasteiger partial charge in [-0.2, -0.15) is 5.10 Å². The first kappa shape index (κ1) is 17.9. The number of fused-ring (bicyclic) bond motifs is 1. The van der Waals surface area contributed by atoms with Gasteiger partial charge < -0.3 is 10.2 Å². The van der Waals surface area contributed by atoms with Gasteiger partial charge in [0.1, 0.15) is 0 Å². The Morgan fingerprint density at radius 2 is 2.15 bits per heavy atom. The molecule has 0 bridgehead atoms. The Bertz CT molecular complexity index is 754. The van der Waals surface area contributed by atoms with Gasteiger partial charge in [-0.25, -0.2) is 9.97 Å². The summed E-state index contributed by atoms with van der Waals surface area (Å²) in [5, 5.41) is 7.25. The van der Waals surface area contributed by atoms with Gasteiger partial charge >= 0.3 is 0 Å². The largest absolute Gasteiger partial charge is 0.356 e. The summed E-state index contributed by atoms with van der Waals surface area (Å²) >= 11 is 0. The van der Waals surface area contributed by atoms with Gasteiger partial charge in [-0.3, -0.25) is 9.48 Å². The van der Waals surface area contributed by atoms with Crippen LogP contribution in [0.4, 0.5) is 5.95 Å². The van der Waals surface area contributed by atoms with Crippen molar-refractivity contribution in [3.05, 3.63) is 35.9 Å². The minimum absolute atomic E-state index is 0.0339. The Kier molecular flexibility index (Phi) is 5.65. The SMILES string of the molecule is O=C(NCCCn1cccn1)[C@@H]1CCc2nc(N3CCCCC3)ncc2C1. The molecule has 2 aliphatic rings. The smallest absolute Gasteiger partial charge is 0.225 e. The van der Waals surface area contributed by atoms with Crippen molar-refractivity contribution in [2.24, 2.45) is 5.92 Å². The van der Waals surface area contributed by atoms with E-state index in [4.69, 9.17) is 4.98 Å². The zero-order valence-electron chi connectivity index (χ0n) is 15.8. The summed E-state index contributed by atoms with van der Waals surface area (Å²) in [6.45, 7) is 3.63. The molecule has 0 saturated carbocycles. The van der Waals surface area contributed by atoms with Crippen LogP contribution in [0.5, 0.6) is 0 Å². The molecule has 1 aliphatic carbocycles. The Morgan fingerprint density at radius 3 is 2.96 bits per heavy atom. The van der Waals surface area contributed by atoms with Crippen LogP contribution in [0.15, 0.2) is 24.7 Å². The Balaban J connectivity index is 1.28. The topological polar surface area (TPSA) is 75.9 Å². The fourth-order valence-corrected chi connectivity index (χ4v) is 4.00. The fraction of sp³-hybridized carbons (Fsp3) is 0.600. The lowest BCUT2D eigenvalue weighted by Crippen LogP contribution is -2.36. The first-order chi connectivity index (χ1) is 13.3. The van der Waals surface area contributed by atoms with Crippen molar-refractivity contribution in [1.29, 1.82) is 0 Å². The third-order valence-corrected chi connectivity index (χ3v) is 5.57. The van der Waals surface area contributed by atoms with Crippen LogP contribution in [0.2, 0.25) is 0 Å². The molecule has 1 atom stereocenters. The van der Waals surface area contributed by atoms with Crippen LogP contribution < -0.4 is 10.2 Å². The van der Waals surface area contributed by atoms with Crippen LogP contribution in [0.1, 0.15) is 43.4 Å². The van der Waals surface area contributed by atoms with Gasteiger partial charge in [-0.05, 0) is 56.6 Å². The van der Waals surface area contributed by atoms with E-state index >= 15 is 0 Å². The molecule has 1 amide bonds. The Morgan fingerprint density at radius 1 is 1.26 bits per heavy atom. The van der Waals surface area contributed by atoms with Crippen LogP contribution >= 0.6 is 0 Å². The number of hydrogen-bond acceptors (Lipinski definition) is 5. The molecule has 0 aromatic carbocycles. The minimum Gasteiger partial charge on any atom is -0.356 e. The molecule has 144 valence electrons. The number of amides is 1. The molecule has 0 unspecified atom stereocenters. The highest BCUT2D eigenvalue weighted by Gasteiger charge is 2.26. The third kappa shape index (κ3) is 4.46. The number of rotatable bonds is 6. The molecule has 1 aliphatic heterocycles. The van der Waals surface area contributed by atoms with Crippen molar-refractivity contribution in [2.75, 3.05) is 24.5 Å². The third-order valence-electron chi connectivity index (χ3n) is 5.57. The average Bonchev–Trinajstić information content (AvgIpc) is 3.24. The maximum Gasteiger partial charge on any atom is 0.225 e. The quantitative estimate of drug-likeness (QED) is 0.789. The molecule has 1 saturated heterocycles. The van der Waals surface area contributed by atoms with Crippen molar-refractivity contribution < 1.29 is 4.79 Å². The summed E-state index contributed by atoms with van der Waals surface area (Å²) in [4.78, 5) is 24.2. The predicted octanol–water partition coefficient (Wildman–Crippen LogP) is 1.97. The van der Waals surface area contributed by atoms with Gasteiger partial charge in [0.25, 0.3) is 0 Å². The number of anilines is 1. The van der Waals surface area contributed by atoms with E-state index in [0.29, 0.717) is 6.54 Å². The second kappa shape index (κ2) is 8.50. The molecule has 7 nitrogen and oxygen atoms in total. The van der Waals surface area contributed by atoms with Gasteiger partial charge in [0.15, 0.2) is 0 Å². The van der Waals surface area contributed by atoms with E-state index in [0.717, 1.165) is 62.5 Å². The average molecular weight is 368 g/mol. The number of aryl methyl sites for hydroxylation is 2. The molecular formula is C20H28N6O. The molecule has 4 rings (SSSR count). The first-order valence-electron chi connectivity index (χ1n) is 10.1. The van der Waals surface area contributed by atoms with Crippen LogP contribution in [-0.4, -0.2) is 45.3 Å². The fourth-order valence-electron chi connectivity index (χ4n) is 4.00. The summed E-state index contributed by atoms with van der Waals surface area (Å²) in [6, 6.07) is 1.91. The number of nitrogens with one attached hydrogen (secondary N) is 1. The van der Waals surface area contributed by atoms with E-state index in [1.165, 1.54) is 19.3 Å². The van der Waals surface area contributed by atoms with Crippen molar-refractivity contribution in [1.82, 2.24) is 25.1 Å². The molecule has 0 radical (unpaired) electrons. The zero-order chi connectivity index (χ0) is 18.5. The number of carbonyl (C=O) groups excluding carboxylic acids is 1. The van der Waals surface area contributed by atoms with Gasteiger partial charge in [-0.1, -0.05) is 0 Å². The van der Waals surface area contributed by atoms with Crippen LogP contribution in [0, 0.1) is 5.92 Å². The van der Waals surface area contributed by atoms with E-state index in [1.807, 2.05) is 23.1 Å². The van der Waals surface area contributed by atoms with E-state index in [2.05, 4.69) is 20.3 Å². The van der Waals surface area contributed by atoms with Crippen molar-refractivity contribution in [3.8, 4) is 0 Å². The summed E-state index contributed by atoms with van der Waals surface area (Å²) in [6.07, 6.45) is 12.8. The van der Waals surface area contributed by atoms with Crippen molar-refractivity contribution >= 4 is 11.9 Å². The van der Waals surface area contributed by atoms with Gasteiger partial charge in [-0.15, -0.1) is 0 Å². The summed E-state index contributed by atoms with van der Waals surface area (Å²) in [5.41, 5.74) is 2.27. The van der Waals surface area contributed by atoms with E-state index in [9.17, 15) is 4.79 Å². The normalized spacial score (nSPS) is 19.6. The molecule has 2 aromatic heterocycles. The van der Waals surface area contributed by atoms with Gasteiger partial charge in [0.05, 0.1) is 0 Å². The highest BCUT2D eigenvalue weighted by atomic mass is 16.1. The standard InChI is InChI=1S/C20H28N6O/c27-19(21-8-4-12-26-13-5-9-23-26)16-6-7-18-17(14-16)15-22-20(24-18)25-10-2-1-3-11-25/h5,9,13,15-16H,1-4,6-8,10-12,14H2,(H,21,27)/t16-/m1/s1. The lowest BCUT2D eigenvalue weighted by Gasteiger charge is -2.28. The van der Waals surface area contributed by atoms with E-state index in [-0.39, 0.29) is 11.8 Å². The van der Waals surface area contributed by atoms with Crippen LogP contribution in [-0.2, 0) is 24.2 Å². The maximum atomic E-state index is 12.5. The molecular weight excluding hydrogens is 340 g/mol. The van der Waals surface area contributed by atoms with Gasteiger partial charge in [0, 0.05) is 56.4 Å². The molecule has 3 heterocycles. The molecule has 7 heteroatoms. The number of piperidine rings is 1. The Hall–Kier alpha value is -2.44. The van der Waals surface area contributed by atoms with Crippen LogP contribution in [0.3, 0.4) is 0 Å². The predicted molar refractivity (Wildman–Crippen MR) is 103 cm³/mol. The van der Waals surface area contributed by atoms with E-state index in [1.54, 1.807) is 6.20 Å². The first-order valence-corrected chi connectivity index (χ1v) is 10.1. The molecule has 2 aromatic rings. The Labute approximate surface area is 160 Å². The lowest BCUT2D eigenvalue weighted by atomic mass is 9.86. The summed E-state index contributed by atoms with van der Waals surface area (Å²) in [7, 11) is 0. The van der Waals surface area contributed by atoms with Crippen molar-refractivity contribution in [3.63, 3.8) is 0 Å². The molecule has 1 N–H and O–H groups in total. The number of nitrogens with zero attached hydrogens (tertiary/aromatic N) is 5. The van der Waals surface area contributed by atoms with E-state index < -0.39 is 0 Å². The van der Waals surface area contributed by atoms with Crippen molar-refractivity contribution in [2.45, 2.75) is 51.5 Å². The summed E-state index contributed by atoms with van der Waals surface area (Å²) in [5.74, 6) is 1.06. The second-order valence-corrected chi connectivity index (χ2v) is 7.54. The minimum atomic E-state index is 0.0339. The van der Waals surface area contributed by atoms with Gasteiger partial charge in [0.2, 0.25) is 11.9 Å². The highest BCUT2D eigenvalue weighted by Crippen LogP contribution is 2.26. The number of hydrogen-bond donors (Lipinski definition) is 1. The van der Waals surface area contributed by atoms with Crippen LogP contribution in [0.25, 0.3) is 0 Å². The zero-order valence-corrected chi connectivity index (χ0v) is 15.8. The molecule has 27 heavy (non-hydrogen) atoms. The summed E-state index contributed by atoms with van der Waals surface area (Å²) < 4.78 is 1.89. The maximum absolute atomic E-state index is 12.5. The highest BCUT2D eigenvalue weighted by molar-refractivity contribution is 5.79. The molecule has 0 spiro atoms. The second-order valence-electron chi connectivity index (χ2n) is 7.54. The number of aromatic nitrogens is 4. The lowest BCUT2D eigenvalue weighted by molar-refractivity contribution is -0.125.